The van der Waals surface area contributed by atoms with Gasteiger partial charge in [-0.1, -0.05) is 43.0 Å². The number of nitrogens with zero attached hydrogens (tertiary/aromatic N) is 1. The summed E-state index contributed by atoms with van der Waals surface area (Å²) < 4.78 is 1.62. The van der Waals surface area contributed by atoms with Gasteiger partial charge in [0, 0.05) is 18.8 Å². The normalized spacial score (nSPS) is 10.7. The average molecular weight is 237 g/mol. The predicted molar refractivity (Wildman–Crippen MR) is 76.2 cm³/mol. The average Bonchev–Trinajstić information content (AvgIpc) is 2.85. The van der Waals surface area contributed by atoms with Crippen LogP contribution in [0, 0.1) is 0 Å². The second-order valence-electron chi connectivity index (χ2n) is 3.99. The lowest BCUT2D eigenvalue weighted by atomic mass is 10.1. The summed E-state index contributed by atoms with van der Waals surface area (Å²) in [5.41, 5.74) is 3.04. The van der Waals surface area contributed by atoms with E-state index < -0.39 is 0 Å². The SMILES string of the molecule is C=Cc1ccccc1/C=C/c1cccn1C(C)=O. The zero-order valence-corrected chi connectivity index (χ0v) is 10.3. The Labute approximate surface area is 107 Å². The van der Waals surface area contributed by atoms with Gasteiger partial charge in [0.1, 0.15) is 0 Å². The Bertz CT molecular complexity index is 605. The lowest BCUT2D eigenvalue weighted by molar-refractivity contribution is 0.0936. The van der Waals surface area contributed by atoms with Crippen LogP contribution in [0.25, 0.3) is 18.2 Å². The Balaban J connectivity index is 2.33. The Morgan fingerprint density at radius 2 is 1.83 bits per heavy atom. The van der Waals surface area contributed by atoms with Crippen molar-refractivity contribution in [1.82, 2.24) is 4.57 Å². The van der Waals surface area contributed by atoms with Gasteiger partial charge in [-0.3, -0.25) is 9.36 Å². The highest BCUT2D eigenvalue weighted by Crippen LogP contribution is 2.14. The van der Waals surface area contributed by atoms with Gasteiger partial charge < -0.3 is 0 Å². The molecule has 0 radical (unpaired) electrons. The van der Waals surface area contributed by atoms with Crippen LogP contribution in [0.2, 0.25) is 0 Å². The fourth-order valence-electron chi connectivity index (χ4n) is 1.84. The van der Waals surface area contributed by atoms with E-state index in [4.69, 9.17) is 0 Å². The molecule has 0 aliphatic carbocycles. The third-order valence-corrected chi connectivity index (χ3v) is 2.77. The molecule has 0 saturated heterocycles. The van der Waals surface area contributed by atoms with Crippen LogP contribution in [0.1, 0.15) is 28.5 Å². The molecule has 0 bridgehead atoms. The van der Waals surface area contributed by atoms with Crippen LogP contribution in [0.15, 0.2) is 49.2 Å². The molecule has 1 aromatic heterocycles. The smallest absolute Gasteiger partial charge is 0.227 e. The van der Waals surface area contributed by atoms with E-state index in [1.807, 2.05) is 54.6 Å². The van der Waals surface area contributed by atoms with Crippen LogP contribution in [0.3, 0.4) is 0 Å². The van der Waals surface area contributed by atoms with Crippen molar-refractivity contribution < 1.29 is 4.79 Å². The molecule has 18 heavy (non-hydrogen) atoms. The van der Waals surface area contributed by atoms with Crippen molar-refractivity contribution in [2.24, 2.45) is 0 Å². The lowest BCUT2D eigenvalue weighted by Crippen LogP contribution is -2.05. The van der Waals surface area contributed by atoms with E-state index >= 15 is 0 Å². The first-order chi connectivity index (χ1) is 8.72. The van der Waals surface area contributed by atoms with E-state index in [0.717, 1.165) is 16.8 Å². The van der Waals surface area contributed by atoms with Crippen molar-refractivity contribution in [2.75, 3.05) is 0 Å². The molecule has 2 heteroatoms. The van der Waals surface area contributed by atoms with Crippen LogP contribution >= 0.6 is 0 Å². The summed E-state index contributed by atoms with van der Waals surface area (Å²) in [6.07, 6.45) is 7.51. The second-order valence-corrected chi connectivity index (χ2v) is 3.99. The minimum absolute atomic E-state index is 0.0108. The first-order valence-corrected chi connectivity index (χ1v) is 5.80. The maximum absolute atomic E-state index is 11.4. The number of carbonyl (C=O) groups is 1. The molecular weight excluding hydrogens is 222 g/mol. The predicted octanol–water partition coefficient (Wildman–Crippen LogP) is 3.96. The summed E-state index contributed by atoms with van der Waals surface area (Å²) in [5.74, 6) is 0.0108. The molecule has 2 aromatic rings. The molecule has 0 fully saturated rings. The van der Waals surface area contributed by atoms with E-state index in [0.29, 0.717) is 0 Å². The standard InChI is InChI=1S/C16H15NO/c1-3-14-7-4-5-8-15(14)10-11-16-9-6-12-17(16)13(2)18/h3-12H,1H2,2H3/b11-10+. The highest BCUT2D eigenvalue weighted by Gasteiger charge is 2.01. The maximum Gasteiger partial charge on any atom is 0.227 e. The number of carbonyl (C=O) groups excluding carboxylic acids is 1. The van der Waals surface area contributed by atoms with E-state index in [1.54, 1.807) is 17.7 Å². The molecule has 0 N–H and O–H groups in total. The van der Waals surface area contributed by atoms with E-state index in [-0.39, 0.29) is 5.91 Å². The Kier molecular flexibility index (Phi) is 3.58. The highest BCUT2D eigenvalue weighted by molar-refractivity contribution is 5.82. The molecule has 1 heterocycles. The molecule has 2 nitrogen and oxygen atoms in total. The van der Waals surface area contributed by atoms with Gasteiger partial charge in [0.05, 0.1) is 0 Å². The molecule has 90 valence electrons. The monoisotopic (exact) mass is 237 g/mol. The van der Waals surface area contributed by atoms with Crippen LogP contribution in [0.5, 0.6) is 0 Å². The van der Waals surface area contributed by atoms with Gasteiger partial charge in [-0.2, -0.15) is 0 Å². The van der Waals surface area contributed by atoms with Crippen molar-refractivity contribution in [1.29, 1.82) is 0 Å². The zero-order valence-electron chi connectivity index (χ0n) is 10.3. The van der Waals surface area contributed by atoms with Crippen LogP contribution in [-0.2, 0) is 0 Å². The molecule has 1 aromatic carbocycles. The van der Waals surface area contributed by atoms with E-state index in [2.05, 4.69) is 6.58 Å². The van der Waals surface area contributed by atoms with Gasteiger partial charge >= 0.3 is 0 Å². The first-order valence-electron chi connectivity index (χ1n) is 5.80. The maximum atomic E-state index is 11.4. The molecule has 0 unspecified atom stereocenters. The number of rotatable bonds is 3. The van der Waals surface area contributed by atoms with E-state index in [1.165, 1.54) is 0 Å². The largest absolute Gasteiger partial charge is 0.288 e. The minimum atomic E-state index is 0.0108. The van der Waals surface area contributed by atoms with Crippen LogP contribution in [-0.4, -0.2) is 10.5 Å². The van der Waals surface area contributed by atoms with Gasteiger partial charge in [0.15, 0.2) is 0 Å². The third-order valence-electron chi connectivity index (χ3n) is 2.77. The summed E-state index contributed by atoms with van der Waals surface area (Å²) in [6, 6.07) is 11.8. The molecule has 0 atom stereocenters. The summed E-state index contributed by atoms with van der Waals surface area (Å²) >= 11 is 0. The van der Waals surface area contributed by atoms with Gasteiger partial charge in [-0.15, -0.1) is 0 Å². The fourth-order valence-corrected chi connectivity index (χ4v) is 1.84. The topological polar surface area (TPSA) is 22.0 Å². The highest BCUT2D eigenvalue weighted by atomic mass is 16.1. The Hall–Kier alpha value is -2.35. The summed E-state index contributed by atoms with van der Waals surface area (Å²) in [6.45, 7) is 5.34. The van der Waals surface area contributed by atoms with Gasteiger partial charge in [0.25, 0.3) is 0 Å². The van der Waals surface area contributed by atoms with Crippen molar-refractivity contribution >= 4 is 24.1 Å². The Morgan fingerprint density at radius 1 is 1.11 bits per heavy atom. The van der Waals surface area contributed by atoms with Crippen molar-refractivity contribution in [2.45, 2.75) is 6.92 Å². The molecular formula is C16H15NO. The lowest BCUT2D eigenvalue weighted by Gasteiger charge is -2.01. The quantitative estimate of drug-likeness (QED) is 0.792. The second kappa shape index (κ2) is 5.32. The molecule has 0 aliphatic heterocycles. The van der Waals surface area contributed by atoms with Gasteiger partial charge in [0.2, 0.25) is 5.91 Å². The third kappa shape index (κ3) is 2.48. The summed E-state index contributed by atoms with van der Waals surface area (Å²) in [5, 5.41) is 0. The number of hydrogen-bond donors (Lipinski definition) is 0. The van der Waals surface area contributed by atoms with Crippen molar-refractivity contribution in [3.63, 3.8) is 0 Å². The van der Waals surface area contributed by atoms with Gasteiger partial charge in [-0.05, 0) is 29.3 Å². The first kappa shape index (κ1) is 12.1. The van der Waals surface area contributed by atoms with Crippen LogP contribution in [0.4, 0.5) is 0 Å². The Morgan fingerprint density at radius 3 is 2.50 bits per heavy atom. The summed E-state index contributed by atoms with van der Waals surface area (Å²) in [4.78, 5) is 11.4. The zero-order chi connectivity index (χ0) is 13.0. The van der Waals surface area contributed by atoms with Gasteiger partial charge in [-0.25, -0.2) is 0 Å². The number of aromatic nitrogens is 1. The minimum Gasteiger partial charge on any atom is -0.288 e. The fraction of sp³-hybridized carbons (Fsp3) is 0.0625. The molecule has 0 amide bonds. The van der Waals surface area contributed by atoms with Crippen LogP contribution < -0.4 is 0 Å². The van der Waals surface area contributed by atoms with E-state index in [9.17, 15) is 4.79 Å². The number of hydrogen-bond acceptors (Lipinski definition) is 1. The molecule has 0 aliphatic rings. The van der Waals surface area contributed by atoms with Crippen molar-refractivity contribution in [3.05, 3.63) is 66.0 Å². The number of benzene rings is 1. The molecule has 0 spiro atoms. The summed E-state index contributed by atoms with van der Waals surface area (Å²) in [7, 11) is 0. The molecule has 2 rings (SSSR count). The molecule has 0 saturated carbocycles. The van der Waals surface area contributed by atoms with Crippen molar-refractivity contribution in [3.8, 4) is 0 Å².